The fraction of sp³-hybridized carbons (Fsp3) is 0.447. The molecule has 0 spiro atoms. The average Bonchev–Trinajstić information content (AvgIpc) is 3.17. The van der Waals surface area contributed by atoms with Crippen LogP contribution in [-0.2, 0) is 32.0 Å². The molecular weight excluding hydrogens is 652 g/mol. The van der Waals surface area contributed by atoms with Crippen LogP contribution in [0.25, 0.3) is 11.3 Å². The maximum atomic E-state index is 14.5. The number of methoxy groups -OCH3 is 2. The van der Waals surface area contributed by atoms with Crippen molar-refractivity contribution in [3.63, 3.8) is 0 Å². The zero-order valence-electron chi connectivity index (χ0n) is 42.5. The number of hydrogen-bond donors (Lipinski definition) is 5. The number of aromatic nitrogens is 1. The number of ether oxygens (including phenoxy) is 2. The van der Waals surface area contributed by atoms with Crippen LogP contribution < -0.4 is 21.4 Å². The summed E-state index contributed by atoms with van der Waals surface area (Å²) >= 11 is 0. The van der Waals surface area contributed by atoms with Gasteiger partial charge in [-0.3, -0.25) is 20.0 Å². The summed E-state index contributed by atoms with van der Waals surface area (Å²) in [6, 6.07) is 12.4. The molecule has 1 heterocycles. The van der Waals surface area contributed by atoms with E-state index < -0.39 is 106 Å². The average molecular weight is 719 g/mol. The van der Waals surface area contributed by atoms with E-state index in [-0.39, 0.29) is 5.56 Å². The summed E-state index contributed by atoms with van der Waals surface area (Å²) in [5.74, 6) is -2.86. The molecule has 51 heavy (non-hydrogen) atoms. The maximum Gasteiger partial charge on any atom is 0.407 e. The zero-order chi connectivity index (χ0) is 49.6. The van der Waals surface area contributed by atoms with Crippen LogP contribution in [0.5, 0.6) is 0 Å². The molecule has 13 nitrogen and oxygen atoms in total. The summed E-state index contributed by atoms with van der Waals surface area (Å²) in [5.41, 5.74) is -1.44. The van der Waals surface area contributed by atoms with Crippen LogP contribution in [0.1, 0.15) is 71.6 Å². The number of rotatable bonds is 14. The molecule has 0 bridgehead atoms. The topological polar surface area (TPSA) is 171 Å². The molecule has 4 amide bonds. The minimum Gasteiger partial charge on any atom is -0.453 e. The lowest BCUT2D eigenvalue weighted by Gasteiger charge is -2.35. The minimum atomic E-state index is -4.17. The fourth-order valence-electron chi connectivity index (χ4n) is 4.82. The van der Waals surface area contributed by atoms with Gasteiger partial charge in [0.15, 0.2) is 0 Å². The molecule has 3 aromatic rings. The van der Waals surface area contributed by atoms with Crippen LogP contribution in [0.15, 0.2) is 79.0 Å². The molecule has 0 fully saturated rings. The number of nitrogens with one attached hydrogen (secondary N) is 4. The molecule has 0 aliphatic rings. The standard InChI is InChI=1S/C38H52N6O7/c1-37(2,3)31(41-35(48)50-7)33(46)40-29(22-25-14-10-9-11-15-25)30(45)24-44(43-34(47)32(38(4,5)6)42-36(49)51-8)23-26-17-19-27(20-18-26)28-16-12-13-21-39-28/h9-21,29-32,45H,22-24H2,1-8H3,(H,40,46)(H,41,48)(H,42,49)(H,43,47)/t29-,30-,31+,32-/m0/s1/i1D3,2D3,3D3,7D3,23D2. The Morgan fingerprint density at radius 3 is 2.02 bits per heavy atom. The number of carbonyl (C=O) groups excluding carboxylic acids is 4. The molecule has 2 aromatic carbocycles. The Labute approximate surface area is 320 Å². The van der Waals surface area contributed by atoms with E-state index in [1.54, 1.807) is 80.8 Å². The van der Waals surface area contributed by atoms with Gasteiger partial charge in [0.1, 0.15) is 12.1 Å². The van der Waals surface area contributed by atoms with Gasteiger partial charge in [-0.1, -0.05) is 102 Å². The minimum absolute atomic E-state index is 0.101. The van der Waals surface area contributed by atoms with Crippen LogP contribution >= 0.6 is 0 Å². The number of benzene rings is 2. The van der Waals surface area contributed by atoms with Crippen molar-refractivity contribution < 1.29 is 52.9 Å². The number of carbonyl (C=O) groups is 4. The monoisotopic (exact) mass is 718 g/mol. The molecule has 4 atom stereocenters. The highest BCUT2D eigenvalue weighted by atomic mass is 16.5. The smallest absolute Gasteiger partial charge is 0.407 e. The lowest BCUT2D eigenvalue weighted by atomic mass is 9.85. The van der Waals surface area contributed by atoms with E-state index in [0.29, 0.717) is 21.8 Å². The van der Waals surface area contributed by atoms with Crippen LogP contribution in [0.2, 0.25) is 0 Å². The third kappa shape index (κ3) is 12.7. The number of pyridine rings is 1. The number of hydrogen-bond acceptors (Lipinski definition) is 9. The highest BCUT2D eigenvalue weighted by molar-refractivity contribution is 5.87. The normalized spacial score (nSPS) is 19.3. The molecule has 3 rings (SSSR count). The number of nitrogens with zero attached hydrogens (tertiary/aromatic N) is 2. The Morgan fingerprint density at radius 1 is 0.824 bits per heavy atom. The van der Waals surface area contributed by atoms with Crippen molar-refractivity contribution in [3.05, 3.63) is 90.1 Å². The summed E-state index contributed by atoms with van der Waals surface area (Å²) in [4.78, 5) is 58.1. The molecule has 5 N–H and O–H groups in total. The maximum absolute atomic E-state index is 14.5. The Hall–Kier alpha value is -5.01. The van der Waals surface area contributed by atoms with E-state index in [1.807, 2.05) is 0 Å². The molecular formula is C38H52N6O7. The van der Waals surface area contributed by atoms with Gasteiger partial charge in [-0.2, -0.15) is 0 Å². The SMILES string of the molecule is [2H]C([2H])([2H])OC(=O)N[C@H](C(=O)N[C@@H](Cc1ccccc1)[C@@H](O)CN(NC(=O)[C@H](NC(=O)OC)C(C)(C)C)C([2H])([2H])c1ccc(-c2ccccn2)cc1)C(C([2H])([2H])[2H])(C([2H])([2H])[2H])C([2H])([2H])[2H]. The number of amides is 4. The van der Waals surface area contributed by atoms with Crippen molar-refractivity contribution in [2.24, 2.45) is 10.8 Å². The third-order valence-electron chi connectivity index (χ3n) is 7.44. The molecule has 276 valence electrons. The Kier molecular flexibility index (Phi) is 8.69. The first-order valence-electron chi connectivity index (χ1n) is 22.6. The van der Waals surface area contributed by atoms with Crippen LogP contribution in [-0.4, -0.2) is 84.0 Å². The number of aliphatic hydroxyl groups is 1. The van der Waals surface area contributed by atoms with Crippen molar-refractivity contribution in [3.8, 4) is 11.3 Å². The van der Waals surface area contributed by atoms with E-state index in [2.05, 4.69) is 30.5 Å². The number of aliphatic hydroxyl groups excluding tert-OH is 1. The highest BCUT2D eigenvalue weighted by Gasteiger charge is 2.37. The van der Waals surface area contributed by atoms with Crippen LogP contribution in [0.4, 0.5) is 9.59 Å². The van der Waals surface area contributed by atoms with E-state index in [1.165, 1.54) is 24.3 Å². The summed E-state index contributed by atoms with van der Waals surface area (Å²) in [7, 11) is -2.50. The van der Waals surface area contributed by atoms with Gasteiger partial charge in [0.2, 0.25) is 5.91 Å². The van der Waals surface area contributed by atoms with Gasteiger partial charge in [-0.05, 0) is 40.5 Å². The van der Waals surface area contributed by atoms with Gasteiger partial charge < -0.3 is 30.5 Å². The summed E-state index contributed by atoms with van der Waals surface area (Å²) < 4.78 is 123. The largest absolute Gasteiger partial charge is 0.453 e. The van der Waals surface area contributed by atoms with Gasteiger partial charge in [0.25, 0.3) is 5.91 Å². The Bertz CT molecular complexity index is 2050. The second-order valence-electron chi connectivity index (χ2n) is 12.6. The van der Waals surface area contributed by atoms with Gasteiger partial charge >= 0.3 is 12.2 Å². The van der Waals surface area contributed by atoms with Gasteiger partial charge in [-0.15, -0.1) is 0 Å². The summed E-state index contributed by atoms with van der Waals surface area (Å²) in [6.07, 6.45) is -4.06. The molecule has 0 radical (unpaired) electrons. The summed E-state index contributed by atoms with van der Waals surface area (Å²) in [5, 5.41) is 18.9. The van der Waals surface area contributed by atoms with Gasteiger partial charge in [-0.25, -0.2) is 14.6 Å². The molecule has 0 aliphatic heterocycles. The van der Waals surface area contributed by atoms with Crippen molar-refractivity contribution in [1.82, 2.24) is 31.4 Å². The van der Waals surface area contributed by atoms with Crippen LogP contribution in [0.3, 0.4) is 0 Å². The fourth-order valence-corrected chi connectivity index (χ4v) is 4.82. The van der Waals surface area contributed by atoms with E-state index in [9.17, 15) is 27.0 Å². The van der Waals surface area contributed by atoms with Crippen molar-refractivity contribution in [1.29, 1.82) is 0 Å². The zero-order valence-corrected chi connectivity index (χ0v) is 28.5. The predicted octanol–water partition coefficient (Wildman–Crippen LogP) is 4.21. The van der Waals surface area contributed by atoms with E-state index in [4.69, 9.17) is 16.4 Å². The quantitative estimate of drug-likeness (QED) is 0.153. The van der Waals surface area contributed by atoms with Crippen molar-refractivity contribution in [2.75, 3.05) is 20.7 Å². The molecule has 0 saturated carbocycles. The lowest BCUT2D eigenvalue weighted by molar-refractivity contribution is -0.132. The predicted molar refractivity (Wildman–Crippen MR) is 194 cm³/mol. The van der Waals surface area contributed by atoms with E-state index >= 15 is 0 Å². The summed E-state index contributed by atoms with van der Waals surface area (Å²) in [6.45, 7) is -11.4. The highest BCUT2D eigenvalue weighted by Crippen LogP contribution is 2.23. The molecule has 1 aromatic heterocycles. The lowest BCUT2D eigenvalue weighted by Crippen LogP contribution is -2.60. The number of hydrazine groups is 1. The molecule has 0 saturated heterocycles. The first-order valence-corrected chi connectivity index (χ1v) is 15.6. The second-order valence-corrected chi connectivity index (χ2v) is 12.6. The molecule has 0 unspecified atom stereocenters. The molecule has 0 aliphatic carbocycles. The van der Waals surface area contributed by atoms with E-state index in [0.717, 1.165) is 7.11 Å². The van der Waals surface area contributed by atoms with Gasteiger partial charge in [0.05, 0.1) is 38.8 Å². The third-order valence-corrected chi connectivity index (χ3v) is 7.44. The van der Waals surface area contributed by atoms with Crippen LogP contribution in [0, 0.1) is 10.8 Å². The van der Waals surface area contributed by atoms with Crippen molar-refractivity contribution in [2.45, 2.75) is 78.5 Å². The first-order chi connectivity index (χ1) is 29.7. The Morgan fingerprint density at radius 2 is 1.45 bits per heavy atom. The van der Waals surface area contributed by atoms with Gasteiger partial charge in [0, 0.05) is 37.1 Å². The van der Waals surface area contributed by atoms with Crippen molar-refractivity contribution >= 4 is 24.0 Å². The number of alkyl carbamates (subject to hydrolysis) is 2. The Balaban J connectivity index is 2.25. The second kappa shape index (κ2) is 18.3. The molecule has 13 heteroatoms. The first kappa shape index (κ1) is 24.2.